The number of pyridine rings is 1. The van der Waals surface area contributed by atoms with E-state index in [1.54, 1.807) is 0 Å². The first-order valence-corrected chi connectivity index (χ1v) is 6.28. The third-order valence-corrected chi connectivity index (χ3v) is 2.25. The van der Waals surface area contributed by atoms with Crippen LogP contribution in [0.5, 0.6) is 0 Å². The van der Waals surface area contributed by atoms with E-state index in [1.807, 2.05) is 58.3 Å². The summed E-state index contributed by atoms with van der Waals surface area (Å²) < 4.78 is 0. The lowest BCUT2D eigenvalue weighted by Gasteiger charge is -2.09. The Bertz CT molecular complexity index is 365. The molecule has 17 heavy (non-hydrogen) atoms. The Kier molecular flexibility index (Phi) is 8.75. The van der Waals surface area contributed by atoms with Crippen LogP contribution in [0.15, 0.2) is 36.6 Å². The molecule has 0 aromatic carbocycles. The molecule has 0 bridgehead atoms. The van der Waals surface area contributed by atoms with Gasteiger partial charge in [0.2, 0.25) is 0 Å². The molecule has 0 atom stereocenters. The van der Waals surface area contributed by atoms with Crippen molar-refractivity contribution in [2.45, 2.75) is 34.1 Å². The van der Waals surface area contributed by atoms with Crippen LogP contribution in [0, 0.1) is 0 Å². The summed E-state index contributed by atoms with van der Waals surface area (Å²) in [7, 11) is 1.92. The third-order valence-electron chi connectivity index (χ3n) is 2.25. The minimum Gasteiger partial charge on any atom is -0.386 e. The predicted molar refractivity (Wildman–Crippen MR) is 76.8 cm³/mol. The molecule has 0 aliphatic carbocycles. The number of nitrogens with zero attached hydrogens (tertiary/aromatic N) is 1. The smallest absolute Gasteiger partial charge is 0.0892 e. The molecule has 0 spiro atoms. The Labute approximate surface area is 105 Å². The second-order valence-corrected chi connectivity index (χ2v) is 3.22. The Morgan fingerprint density at radius 2 is 2.12 bits per heavy atom. The van der Waals surface area contributed by atoms with Crippen LogP contribution < -0.4 is 5.32 Å². The predicted octanol–water partition coefficient (Wildman–Crippen LogP) is 3.81. The van der Waals surface area contributed by atoms with E-state index in [0.717, 1.165) is 17.8 Å². The van der Waals surface area contributed by atoms with Crippen molar-refractivity contribution in [2.24, 2.45) is 0 Å². The zero-order valence-electron chi connectivity index (χ0n) is 11.6. The van der Waals surface area contributed by atoms with E-state index in [-0.39, 0.29) is 0 Å². The Morgan fingerprint density at radius 3 is 2.65 bits per heavy atom. The molecular formula is C15H24N2. The Morgan fingerprint density at radius 1 is 1.41 bits per heavy atom. The highest BCUT2D eigenvalue weighted by Crippen LogP contribution is 2.14. The Balaban J connectivity index is 0.00000121. The van der Waals surface area contributed by atoms with Crippen molar-refractivity contribution in [3.8, 4) is 0 Å². The summed E-state index contributed by atoms with van der Waals surface area (Å²) >= 11 is 0. The van der Waals surface area contributed by atoms with Gasteiger partial charge in [-0.25, -0.2) is 0 Å². The highest BCUT2D eigenvalue weighted by atomic mass is 14.9. The summed E-state index contributed by atoms with van der Waals surface area (Å²) in [5.41, 5.74) is 3.37. The summed E-state index contributed by atoms with van der Waals surface area (Å²) in [4.78, 5) is 4.41. The van der Waals surface area contributed by atoms with Gasteiger partial charge in [0, 0.05) is 13.2 Å². The highest BCUT2D eigenvalue weighted by molar-refractivity contribution is 5.64. The molecule has 0 amide bonds. The molecule has 1 heterocycles. The largest absolute Gasteiger partial charge is 0.386 e. The fourth-order valence-electron chi connectivity index (χ4n) is 1.44. The first-order chi connectivity index (χ1) is 8.33. The van der Waals surface area contributed by atoms with Gasteiger partial charge in [-0.1, -0.05) is 39.0 Å². The zero-order valence-corrected chi connectivity index (χ0v) is 11.6. The number of aryl methyl sites for hydroxylation is 1. The van der Waals surface area contributed by atoms with Crippen LogP contribution in [0.3, 0.4) is 0 Å². The first kappa shape index (κ1) is 15.4. The van der Waals surface area contributed by atoms with E-state index in [4.69, 9.17) is 0 Å². The lowest BCUT2D eigenvalue weighted by atomic mass is 10.1. The molecule has 1 aromatic heterocycles. The average molecular weight is 232 g/mol. The fourth-order valence-corrected chi connectivity index (χ4v) is 1.44. The van der Waals surface area contributed by atoms with Gasteiger partial charge in [-0.2, -0.15) is 0 Å². The van der Waals surface area contributed by atoms with Gasteiger partial charge < -0.3 is 5.32 Å². The van der Waals surface area contributed by atoms with Crippen LogP contribution in [0.2, 0.25) is 0 Å². The standard InChI is InChI=1S/C13H18N2.C2H6/c1-4-6-9-12(14-3)13-11(5-2)8-7-10-15-13;1-2/h4,6-10,14H,5H2,1-3H3;1-2H3/b6-4?,12-9+;. The summed E-state index contributed by atoms with van der Waals surface area (Å²) in [6.07, 6.45) is 8.89. The fraction of sp³-hybridized carbons (Fsp3) is 0.400. The van der Waals surface area contributed by atoms with Crippen molar-refractivity contribution in [2.75, 3.05) is 7.05 Å². The lowest BCUT2D eigenvalue weighted by Crippen LogP contribution is -2.08. The topological polar surface area (TPSA) is 24.9 Å². The van der Waals surface area contributed by atoms with Crippen LogP contribution in [0.4, 0.5) is 0 Å². The van der Waals surface area contributed by atoms with Gasteiger partial charge in [-0.3, -0.25) is 4.98 Å². The SMILES string of the molecule is CC.CC=C/C=C(/NC)c1ncccc1CC. The van der Waals surface area contributed by atoms with Gasteiger partial charge in [-0.15, -0.1) is 0 Å². The Hall–Kier alpha value is -1.57. The summed E-state index contributed by atoms with van der Waals surface area (Å²) in [6.45, 7) is 8.15. The number of hydrogen-bond donors (Lipinski definition) is 1. The van der Waals surface area contributed by atoms with Crippen molar-refractivity contribution in [3.05, 3.63) is 47.8 Å². The number of allylic oxidation sites excluding steroid dienone is 3. The van der Waals surface area contributed by atoms with Crippen molar-refractivity contribution in [1.29, 1.82) is 0 Å². The van der Waals surface area contributed by atoms with Gasteiger partial charge in [0.05, 0.1) is 11.4 Å². The molecule has 1 aromatic rings. The van der Waals surface area contributed by atoms with Gasteiger partial charge in [0.25, 0.3) is 0 Å². The molecule has 0 unspecified atom stereocenters. The van der Waals surface area contributed by atoms with Gasteiger partial charge in [-0.05, 0) is 31.1 Å². The van der Waals surface area contributed by atoms with Crippen molar-refractivity contribution in [3.63, 3.8) is 0 Å². The van der Waals surface area contributed by atoms with E-state index in [9.17, 15) is 0 Å². The van der Waals surface area contributed by atoms with Gasteiger partial charge in [0.15, 0.2) is 0 Å². The van der Waals surface area contributed by atoms with E-state index in [2.05, 4.69) is 23.3 Å². The molecule has 0 aliphatic rings. The van der Waals surface area contributed by atoms with Crippen molar-refractivity contribution in [1.82, 2.24) is 10.3 Å². The number of aromatic nitrogens is 1. The maximum Gasteiger partial charge on any atom is 0.0892 e. The molecule has 2 nitrogen and oxygen atoms in total. The van der Waals surface area contributed by atoms with E-state index < -0.39 is 0 Å². The molecule has 94 valence electrons. The van der Waals surface area contributed by atoms with E-state index in [1.165, 1.54) is 5.56 Å². The summed E-state index contributed by atoms with van der Waals surface area (Å²) in [6, 6.07) is 4.09. The minimum atomic E-state index is 0.998. The van der Waals surface area contributed by atoms with E-state index in [0.29, 0.717) is 0 Å². The van der Waals surface area contributed by atoms with E-state index >= 15 is 0 Å². The normalized spacial score (nSPS) is 11.0. The second-order valence-electron chi connectivity index (χ2n) is 3.22. The lowest BCUT2D eigenvalue weighted by molar-refractivity contribution is 1.03. The first-order valence-electron chi connectivity index (χ1n) is 6.28. The third kappa shape index (κ3) is 4.85. The molecule has 1 N–H and O–H groups in total. The maximum absolute atomic E-state index is 4.41. The average Bonchev–Trinajstić information content (AvgIpc) is 2.42. The molecule has 0 fully saturated rings. The molecular weight excluding hydrogens is 208 g/mol. The summed E-state index contributed by atoms with van der Waals surface area (Å²) in [5.74, 6) is 0. The minimum absolute atomic E-state index is 0.998. The second kappa shape index (κ2) is 9.64. The van der Waals surface area contributed by atoms with Crippen molar-refractivity contribution >= 4 is 5.70 Å². The van der Waals surface area contributed by atoms with Gasteiger partial charge >= 0.3 is 0 Å². The molecule has 1 rings (SSSR count). The molecule has 0 saturated carbocycles. The molecule has 0 aliphatic heterocycles. The molecule has 0 radical (unpaired) electrons. The highest BCUT2D eigenvalue weighted by Gasteiger charge is 2.04. The number of nitrogens with one attached hydrogen (secondary N) is 1. The van der Waals surface area contributed by atoms with Crippen LogP contribution in [0.1, 0.15) is 39.0 Å². The summed E-state index contributed by atoms with van der Waals surface area (Å²) in [5, 5.41) is 3.18. The maximum atomic E-state index is 4.41. The van der Waals surface area contributed by atoms with Crippen LogP contribution in [0.25, 0.3) is 5.70 Å². The van der Waals surface area contributed by atoms with Crippen LogP contribution in [-0.2, 0) is 6.42 Å². The monoisotopic (exact) mass is 232 g/mol. The number of rotatable bonds is 4. The molecule has 0 saturated heterocycles. The number of hydrogen-bond acceptors (Lipinski definition) is 2. The van der Waals surface area contributed by atoms with Crippen LogP contribution in [-0.4, -0.2) is 12.0 Å². The van der Waals surface area contributed by atoms with Crippen molar-refractivity contribution < 1.29 is 0 Å². The quantitative estimate of drug-likeness (QED) is 0.799. The zero-order chi connectivity index (χ0) is 13.1. The van der Waals surface area contributed by atoms with Crippen LogP contribution >= 0.6 is 0 Å². The molecule has 2 heteroatoms. The van der Waals surface area contributed by atoms with Gasteiger partial charge in [0.1, 0.15) is 0 Å².